The van der Waals surface area contributed by atoms with E-state index in [-0.39, 0.29) is 23.9 Å². The number of para-hydroxylation sites is 1. The van der Waals surface area contributed by atoms with Gasteiger partial charge in [-0.25, -0.2) is 13.6 Å². The molecule has 0 fully saturated rings. The number of carbonyl (C=O) groups is 2. The summed E-state index contributed by atoms with van der Waals surface area (Å²) in [5.74, 6) is -1.67. The van der Waals surface area contributed by atoms with Gasteiger partial charge >= 0.3 is 5.97 Å². The Labute approximate surface area is 165 Å². The summed E-state index contributed by atoms with van der Waals surface area (Å²) >= 11 is 1.48. The number of carbonyl (C=O) groups excluding carboxylic acids is 2. The first-order valence-corrected chi connectivity index (χ1v) is 9.53. The minimum absolute atomic E-state index is 0.150. The Morgan fingerprint density at radius 3 is 2.64 bits per heavy atom. The lowest BCUT2D eigenvalue weighted by Crippen LogP contribution is -2.19. The van der Waals surface area contributed by atoms with E-state index in [1.54, 1.807) is 12.1 Å². The number of nitrogens with one attached hydrogen (secondary N) is 1. The van der Waals surface area contributed by atoms with Crippen LogP contribution in [-0.2, 0) is 27.2 Å². The predicted octanol–water partition coefficient (Wildman–Crippen LogP) is 3.38. The molecule has 5 nitrogen and oxygen atoms in total. The van der Waals surface area contributed by atoms with Crippen LogP contribution in [0.4, 0.5) is 14.5 Å². The van der Waals surface area contributed by atoms with Crippen LogP contribution in [0.1, 0.15) is 11.1 Å². The summed E-state index contributed by atoms with van der Waals surface area (Å²) < 4.78 is 31.3. The molecule has 0 saturated heterocycles. The molecule has 28 heavy (non-hydrogen) atoms. The monoisotopic (exact) mass is 404 g/mol. The second-order valence-electron chi connectivity index (χ2n) is 6.21. The van der Waals surface area contributed by atoms with Gasteiger partial charge in [-0.15, -0.1) is 11.8 Å². The number of amides is 1. The van der Waals surface area contributed by atoms with Crippen LogP contribution < -0.4 is 5.32 Å². The van der Waals surface area contributed by atoms with Crippen molar-refractivity contribution in [2.75, 3.05) is 18.2 Å². The fourth-order valence-corrected chi connectivity index (χ4v) is 3.85. The van der Waals surface area contributed by atoms with Crippen LogP contribution in [0.15, 0.2) is 47.5 Å². The lowest BCUT2D eigenvalue weighted by molar-refractivity contribution is -0.141. The van der Waals surface area contributed by atoms with E-state index in [1.165, 1.54) is 18.9 Å². The molecule has 0 saturated carbocycles. The Morgan fingerprint density at radius 2 is 1.93 bits per heavy atom. The second kappa shape index (κ2) is 8.97. The normalized spacial score (nSPS) is 15.8. The van der Waals surface area contributed by atoms with E-state index in [0.29, 0.717) is 17.9 Å². The minimum Gasteiger partial charge on any atom is -0.467 e. The topological polar surface area (TPSA) is 67.8 Å². The molecule has 0 bridgehead atoms. The smallest absolute Gasteiger partial charge is 0.331 e. The van der Waals surface area contributed by atoms with E-state index in [2.05, 4.69) is 10.3 Å². The molecule has 0 unspecified atom stereocenters. The Kier molecular flexibility index (Phi) is 6.41. The van der Waals surface area contributed by atoms with Crippen molar-refractivity contribution in [3.63, 3.8) is 0 Å². The zero-order valence-electron chi connectivity index (χ0n) is 15.1. The van der Waals surface area contributed by atoms with E-state index in [0.717, 1.165) is 28.8 Å². The Morgan fingerprint density at radius 1 is 1.21 bits per heavy atom. The molecule has 1 N–H and O–H groups in total. The number of hydrogen-bond acceptors (Lipinski definition) is 5. The summed E-state index contributed by atoms with van der Waals surface area (Å²) in [6, 6.07) is 9.74. The van der Waals surface area contributed by atoms with Crippen molar-refractivity contribution >= 4 is 34.4 Å². The fraction of sp³-hybridized carbons (Fsp3) is 0.250. The highest BCUT2D eigenvalue weighted by Gasteiger charge is 2.26. The van der Waals surface area contributed by atoms with Crippen molar-refractivity contribution in [1.29, 1.82) is 0 Å². The molecule has 1 atom stereocenters. The number of rotatable bonds is 6. The average Bonchev–Trinajstić information content (AvgIpc) is 3.10. The molecule has 2 aromatic carbocycles. The fourth-order valence-electron chi connectivity index (χ4n) is 2.83. The van der Waals surface area contributed by atoms with E-state index in [9.17, 15) is 18.4 Å². The molecule has 146 valence electrons. The van der Waals surface area contributed by atoms with Gasteiger partial charge in [-0.3, -0.25) is 9.79 Å². The summed E-state index contributed by atoms with van der Waals surface area (Å²) in [6.07, 6.45) is 0.312. The number of benzene rings is 2. The van der Waals surface area contributed by atoms with Crippen LogP contribution in [0.5, 0.6) is 0 Å². The van der Waals surface area contributed by atoms with Gasteiger partial charge in [-0.2, -0.15) is 0 Å². The predicted molar refractivity (Wildman–Crippen MR) is 105 cm³/mol. The Bertz CT molecular complexity index is 913. The van der Waals surface area contributed by atoms with E-state index >= 15 is 0 Å². The number of nitrogens with zero attached hydrogens (tertiary/aromatic N) is 1. The first-order chi connectivity index (χ1) is 13.4. The third kappa shape index (κ3) is 5.16. The van der Waals surface area contributed by atoms with Crippen molar-refractivity contribution in [2.24, 2.45) is 4.99 Å². The van der Waals surface area contributed by atoms with Crippen molar-refractivity contribution in [3.8, 4) is 0 Å². The summed E-state index contributed by atoms with van der Waals surface area (Å²) in [7, 11) is 1.33. The molecule has 1 aliphatic heterocycles. The quantitative estimate of drug-likeness (QED) is 0.750. The van der Waals surface area contributed by atoms with Gasteiger partial charge in [0.25, 0.3) is 0 Å². The lowest BCUT2D eigenvalue weighted by Gasteiger charge is -2.11. The summed E-state index contributed by atoms with van der Waals surface area (Å²) in [6.45, 7) is 0. The number of methoxy groups -OCH3 is 1. The third-order valence-electron chi connectivity index (χ3n) is 4.10. The highest BCUT2D eigenvalue weighted by atomic mass is 32.2. The molecule has 2 aromatic rings. The zero-order chi connectivity index (χ0) is 20.1. The molecular weight excluding hydrogens is 386 g/mol. The largest absolute Gasteiger partial charge is 0.467 e. The van der Waals surface area contributed by atoms with Crippen LogP contribution in [0, 0.1) is 11.6 Å². The van der Waals surface area contributed by atoms with E-state index in [4.69, 9.17) is 4.74 Å². The van der Waals surface area contributed by atoms with Crippen molar-refractivity contribution in [2.45, 2.75) is 18.9 Å². The van der Waals surface area contributed by atoms with E-state index in [1.807, 2.05) is 12.1 Å². The SMILES string of the molecule is COC(=O)[C@@H]1CSC(Cc2ccccc2NC(=O)Cc2cc(F)cc(F)c2)=N1. The maximum absolute atomic E-state index is 13.3. The van der Waals surface area contributed by atoms with Gasteiger partial charge in [-0.05, 0) is 29.3 Å². The lowest BCUT2D eigenvalue weighted by atomic mass is 10.1. The van der Waals surface area contributed by atoms with Crippen molar-refractivity contribution in [3.05, 3.63) is 65.2 Å². The maximum Gasteiger partial charge on any atom is 0.331 e. The molecule has 0 spiro atoms. The average molecular weight is 404 g/mol. The number of aliphatic imine (C=N–C) groups is 1. The first kappa shape index (κ1) is 20.0. The first-order valence-electron chi connectivity index (χ1n) is 8.54. The summed E-state index contributed by atoms with van der Waals surface area (Å²) in [4.78, 5) is 28.3. The molecular formula is C20H18F2N2O3S. The van der Waals surface area contributed by atoms with Crippen molar-refractivity contribution in [1.82, 2.24) is 0 Å². The van der Waals surface area contributed by atoms with Crippen LogP contribution in [0.3, 0.4) is 0 Å². The van der Waals surface area contributed by atoms with Gasteiger partial charge in [0.15, 0.2) is 6.04 Å². The van der Waals surface area contributed by atoms with Crippen LogP contribution in [0.2, 0.25) is 0 Å². The highest BCUT2D eigenvalue weighted by molar-refractivity contribution is 8.14. The number of anilines is 1. The summed E-state index contributed by atoms with van der Waals surface area (Å²) in [5.41, 5.74) is 1.68. The van der Waals surface area contributed by atoms with Crippen molar-refractivity contribution < 1.29 is 23.1 Å². The van der Waals surface area contributed by atoms with Gasteiger partial charge in [0.1, 0.15) is 11.6 Å². The maximum atomic E-state index is 13.3. The molecule has 1 amide bonds. The van der Waals surface area contributed by atoms with Gasteiger partial charge < -0.3 is 10.1 Å². The second-order valence-corrected chi connectivity index (χ2v) is 7.30. The van der Waals surface area contributed by atoms with Gasteiger partial charge in [-0.1, -0.05) is 18.2 Å². The number of thioether (sulfide) groups is 1. The Hall–Kier alpha value is -2.74. The molecule has 0 radical (unpaired) electrons. The van der Waals surface area contributed by atoms with E-state index < -0.39 is 17.7 Å². The van der Waals surface area contributed by atoms with Gasteiger partial charge in [0.2, 0.25) is 5.91 Å². The van der Waals surface area contributed by atoms with Crippen LogP contribution in [0.25, 0.3) is 0 Å². The molecule has 1 heterocycles. The molecule has 3 rings (SSSR count). The molecule has 8 heteroatoms. The summed E-state index contributed by atoms with van der Waals surface area (Å²) in [5, 5.41) is 3.56. The van der Waals surface area contributed by atoms with Crippen LogP contribution >= 0.6 is 11.8 Å². The number of esters is 1. The van der Waals surface area contributed by atoms with Crippen LogP contribution in [-0.4, -0.2) is 35.8 Å². The number of halogens is 2. The number of hydrogen-bond donors (Lipinski definition) is 1. The standard InChI is InChI=1S/C20H18F2N2O3S/c1-27-20(26)17-11-28-19(24-17)9-13-4-2-3-5-16(13)23-18(25)8-12-6-14(21)10-15(22)7-12/h2-7,10,17H,8-9,11H2,1H3,(H,23,25)/t17-/m0/s1. The molecule has 1 aliphatic rings. The highest BCUT2D eigenvalue weighted by Crippen LogP contribution is 2.25. The number of ether oxygens (including phenoxy) is 1. The molecule has 0 aromatic heterocycles. The van der Waals surface area contributed by atoms with Gasteiger partial charge in [0, 0.05) is 23.9 Å². The minimum atomic E-state index is -0.723. The molecule has 0 aliphatic carbocycles. The van der Waals surface area contributed by atoms with Gasteiger partial charge in [0.05, 0.1) is 18.6 Å². The Balaban J connectivity index is 1.68. The third-order valence-corrected chi connectivity index (χ3v) is 5.17. The zero-order valence-corrected chi connectivity index (χ0v) is 15.9.